The van der Waals surface area contributed by atoms with Crippen molar-refractivity contribution < 1.29 is 0 Å². The number of nitrogens with one attached hydrogen (secondary N) is 2. The van der Waals surface area contributed by atoms with Gasteiger partial charge in [-0.05, 0) is 38.9 Å². The summed E-state index contributed by atoms with van der Waals surface area (Å²) in [7, 11) is 0. The highest BCUT2D eigenvalue weighted by Gasteiger charge is 2.29. The Labute approximate surface area is 132 Å². The maximum absolute atomic E-state index is 4.76. The van der Waals surface area contributed by atoms with Gasteiger partial charge in [-0.1, -0.05) is 0 Å². The third kappa shape index (κ3) is 5.61. The molecule has 1 aliphatic rings. The third-order valence-corrected chi connectivity index (χ3v) is 5.18. The first kappa shape index (κ1) is 16.2. The smallest absolute Gasteiger partial charge is 0.191 e. The van der Waals surface area contributed by atoms with Crippen molar-refractivity contribution >= 4 is 17.7 Å². The number of imidazole rings is 1. The Morgan fingerprint density at radius 3 is 3.05 bits per heavy atom. The van der Waals surface area contributed by atoms with E-state index >= 15 is 0 Å². The van der Waals surface area contributed by atoms with Gasteiger partial charge >= 0.3 is 0 Å². The van der Waals surface area contributed by atoms with Gasteiger partial charge in [0.1, 0.15) is 0 Å². The molecule has 21 heavy (non-hydrogen) atoms. The number of nitrogens with zero attached hydrogens (tertiary/aromatic N) is 3. The molecule has 0 amide bonds. The number of aryl methyl sites for hydroxylation is 1. The highest BCUT2D eigenvalue weighted by molar-refractivity contribution is 8.00. The molecule has 2 heterocycles. The molecule has 1 aromatic rings. The van der Waals surface area contributed by atoms with Gasteiger partial charge in [-0.3, -0.25) is 4.99 Å². The molecule has 0 aromatic carbocycles. The van der Waals surface area contributed by atoms with Gasteiger partial charge in [0, 0.05) is 36.8 Å². The normalized spacial score (nSPS) is 22.5. The first-order valence-electron chi connectivity index (χ1n) is 7.84. The second-order valence-corrected chi connectivity index (χ2v) is 7.36. The molecule has 1 aliphatic heterocycles. The standard InChI is InChI=1S/C15H27N5S/c1-3-17-14(19-12-15(2)6-4-11-21-15)18-7-5-9-20-10-8-16-13-20/h8,10,13H,3-7,9,11-12H2,1-2H3,(H2,17,18,19). The van der Waals surface area contributed by atoms with Crippen LogP contribution in [0.15, 0.2) is 23.7 Å². The van der Waals surface area contributed by atoms with Crippen molar-refractivity contribution in [2.45, 2.75) is 44.4 Å². The molecule has 0 spiro atoms. The van der Waals surface area contributed by atoms with E-state index < -0.39 is 0 Å². The summed E-state index contributed by atoms with van der Waals surface area (Å²) >= 11 is 2.06. The van der Waals surface area contributed by atoms with Crippen molar-refractivity contribution in [2.24, 2.45) is 4.99 Å². The molecule has 1 atom stereocenters. The van der Waals surface area contributed by atoms with Crippen LogP contribution in [0.25, 0.3) is 0 Å². The first-order chi connectivity index (χ1) is 10.2. The van der Waals surface area contributed by atoms with Gasteiger partial charge in [0.2, 0.25) is 0 Å². The number of aromatic nitrogens is 2. The lowest BCUT2D eigenvalue weighted by molar-refractivity contribution is 0.606. The van der Waals surface area contributed by atoms with Crippen LogP contribution in [0, 0.1) is 0 Å². The maximum Gasteiger partial charge on any atom is 0.191 e. The maximum atomic E-state index is 4.76. The lowest BCUT2D eigenvalue weighted by atomic mass is 10.1. The zero-order valence-corrected chi connectivity index (χ0v) is 14.0. The van der Waals surface area contributed by atoms with Crippen LogP contribution in [0.1, 0.15) is 33.1 Å². The Balaban J connectivity index is 1.72. The van der Waals surface area contributed by atoms with Crippen LogP contribution in [-0.2, 0) is 6.54 Å². The lowest BCUT2D eigenvalue weighted by Crippen LogP contribution is -2.39. The molecule has 1 saturated heterocycles. The summed E-state index contributed by atoms with van der Waals surface area (Å²) in [5, 5.41) is 6.75. The number of thioether (sulfide) groups is 1. The minimum absolute atomic E-state index is 0.333. The molecule has 0 aliphatic carbocycles. The van der Waals surface area contributed by atoms with Crippen LogP contribution in [0.5, 0.6) is 0 Å². The van der Waals surface area contributed by atoms with E-state index in [1.165, 1.54) is 18.6 Å². The second kappa shape index (κ2) is 8.32. The summed E-state index contributed by atoms with van der Waals surface area (Å²) in [6.07, 6.45) is 9.34. The van der Waals surface area contributed by atoms with Crippen molar-refractivity contribution in [3.05, 3.63) is 18.7 Å². The summed E-state index contributed by atoms with van der Waals surface area (Å²) < 4.78 is 2.43. The van der Waals surface area contributed by atoms with Crippen LogP contribution in [-0.4, -0.2) is 45.6 Å². The van der Waals surface area contributed by atoms with Crippen LogP contribution in [0.3, 0.4) is 0 Å². The van der Waals surface area contributed by atoms with Gasteiger partial charge in [0.05, 0.1) is 12.9 Å². The van der Waals surface area contributed by atoms with E-state index in [2.05, 4.69) is 45.8 Å². The van der Waals surface area contributed by atoms with Crippen LogP contribution < -0.4 is 10.6 Å². The lowest BCUT2D eigenvalue weighted by Gasteiger charge is -2.21. The number of rotatable bonds is 7. The number of aliphatic imine (C=N–C) groups is 1. The Kier molecular flexibility index (Phi) is 6.42. The van der Waals surface area contributed by atoms with Gasteiger partial charge < -0.3 is 15.2 Å². The van der Waals surface area contributed by atoms with Crippen LogP contribution in [0.2, 0.25) is 0 Å². The Bertz CT molecular complexity index is 423. The minimum atomic E-state index is 0.333. The van der Waals surface area contributed by atoms with Gasteiger partial charge in [0.15, 0.2) is 5.96 Å². The Morgan fingerprint density at radius 2 is 2.38 bits per heavy atom. The SMILES string of the molecule is CCNC(=NCC1(C)CCCS1)NCCCn1ccnc1. The molecule has 1 aromatic heterocycles. The average Bonchev–Trinajstić information content (AvgIpc) is 3.13. The van der Waals surface area contributed by atoms with Gasteiger partial charge in [-0.15, -0.1) is 0 Å². The van der Waals surface area contributed by atoms with Crippen molar-refractivity contribution in [2.75, 3.05) is 25.4 Å². The summed E-state index contributed by atoms with van der Waals surface area (Å²) in [5.41, 5.74) is 0. The molecule has 118 valence electrons. The van der Waals surface area contributed by atoms with Gasteiger partial charge in [-0.2, -0.15) is 11.8 Å². The zero-order valence-electron chi connectivity index (χ0n) is 13.1. The summed E-state index contributed by atoms with van der Waals surface area (Å²) in [5.74, 6) is 2.22. The van der Waals surface area contributed by atoms with Gasteiger partial charge in [-0.25, -0.2) is 4.98 Å². The summed E-state index contributed by atoms with van der Waals surface area (Å²) in [4.78, 5) is 8.81. The molecular formula is C15H27N5S. The Hall–Kier alpha value is -1.17. The van der Waals surface area contributed by atoms with Crippen molar-refractivity contribution in [1.29, 1.82) is 0 Å². The molecule has 0 bridgehead atoms. The predicted molar refractivity (Wildman–Crippen MR) is 90.9 cm³/mol. The average molecular weight is 309 g/mol. The summed E-state index contributed by atoms with van der Waals surface area (Å²) in [6, 6.07) is 0. The van der Waals surface area contributed by atoms with Crippen LogP contribution >= 0.6 is 11.8 Å². The molecule has 1 unspecified atom stereocenters. The number of hydrogen-bond donors (Lipinski definition) is 2. The monoisotopic (exact) mass is 309 g/mol. The third-order valence-electron chi connectivity index (χ3n) is 3.66. The van der Waals surface area contributed by atoms with Crippen LogP contribution in [0.4, 0.5) is 0 Å². The highest BCUT2D eigenvalue weighted by Crippen LogP contribution is 2.37. The van der Waals surface area contributed by atoms with E-state index in [0.717, 1.165) is 38.6 Å². The fourth-order valence-electron chi connectivity index (χ4n) is 2.44. The van der Waals surface area contributed by atoms with E-state index in [-0.39, 0.29) is 0 Å². The topological polar surface area (TPSA) is 54.2 Å². The van der Waals surface area contributed by atoms with Gasteiger partial charge in [0.25, 0.3) is 0 Å². The van der Waals surface area contributed by atoms with Crippen molar-refractivity contribution in [3.63, 3.8) is 0 Å². The molecule has 5 nitrogen and oxygen atoms in total. The molecule has 0 saturated carbocycles. The molecule has 1 fully saturated rings. The van der Waals surface area contributed by atoms with Crippen molar-refractivity contribution in [1.82, 2.24) is 20.2 Å². The molecular weight excluding hydrogens is 282 g/mol. The number of guanidine groups is 1. The second-order valence-electron chi connectivity index (χ2n) is 5.68. The van der Waals surface area contributed by atoms with E-state index in [4.69, 9.17) is 4.99 Å². The first-order valence-corrected chi connectivity index (χ1v) is 8.82. The van der Waals surface area contributed by atoms with Crippen molar-refractivity contribution in [3.8, 4) is 0 Å². The largest absolute Gasteiger partial charge is 0.357 e. The highest BCUT2D eigenvalue weighted by atomic mass is 32.2. The minimum Gasteiger partial charge on any atom is -0.357 e. The van der Waals surface area contributed by atoms with E-state index in [9.17, 15) is 0 Å². The summed E-state index contributed by atoms with van der Waals surface area (Å²) in [6.45, 7) is 8.14. The molecule has 6 heteroatoms. The quantitative estimate of drug-likeness (QED) is 0.460. The fourth-order valence-corrected chi connectivity index (χ4v) is 3.66. The predicted octanol–water partition coefficient (Wildman–Crippen LogP) is 2.11. The molecule has 2 N–H and O–H groups in total. The molecule has 0 radical (unpaired) electrons. The van der Waals surface area contributed by atoms with E-state index in [0.29, 0.717) is 4.75 Å². The zero-order chi connectivity index (χ0) is 15.0. The van der Waals surface area contributed by atoms with E-state index in [1.807, 2.05) is 18.7 Å². The molecule has 2 rings (SSSR count). The number of hydrogen-bond acceptors (Lipinski definition) is 3. The Morgan fingerprint density at radius 1 is 1.48 bits per heavy atom. The fraction of sp³-hybridized carbons (Fsp3) is 0.733. The van der Waals surface area contributed by atoms with E-state index in [1.54, 1.807) is 0 Å².